The molecule has 0 saturated carbocycles. The van der Waals surface area contributed by atoms with Gasteiger partial charge in [0.2, 0.25) is 35.4 Å². The molecular weight excluding hydrogens is 1110 g/mol. The number of hydrogen-bond donors (Lipinski definition) is 7. The molecule has 6 heterocycles. The van der Waals surface area contributed by atoms with E-state index in [4.69, 9.17) is 20.3 Å². The summed E-state index contributed by atoms with van der Waals surface area (Å²) in [6, 6.07) is 9.41. The maximum absolute atomic E-state index is 13.2. The molecule has 27 nitrogen and oxygen atoms in total. The number of aliphatic carboxylic acids is 1. The summed E-state index contributed by atoms with van der Waals surface area (Å²) in [6.45, 7) is 11.7. The number of imide groups is 6. The number of piperidine rings is 3. The van der Waals surface area contributed by atoms with E-state index in [-0.39, 0.29) is 109 Å². The van der Waals surface area contributed by atoms with Gasteiger partial charge in [0, 0.05) is 50.3 Å². The van der Waals surface area contributed by atoms with Crippen molar-refractivity contribution in [2.24, 2.45) is 5.73 Å². The van der Waals surface area contributed by atoms with Gasteiger partial charge in [-0.1, -0.05) is 0 Å². The molecule has 6 aliphatic heterocycles. The van der Waals surface area contributed by atoms with Crippen LogP contribution in [-0.4, -0.2) is 158 Å². The minimum atomic E-state index is -1.02. The predicted molar refractivity (Wildman–Crippen MR) is 289 cm³/mol. The molecule has 3 unspecified atom stereocenters. The first kappa shape index (κ1) is 63.6. The molecule has 12 amide bonds. The Morgan fingerprint density at radius 3 is 1.17 bits per heavy atom. The Balaban J connectivity index is 0.000000189. The van der Waals surface area contributed by atoms with Crippen LogP contribution in [-0.2, 0) is 52.6 Å². The predicted octanol–water partition coefficient (Wildman–Crippen LogP) is 2.11. The van der Waals surface area contributed by atoms with E-state index < -0.39 is 106 Å². The van der Waals surface area contributed by atoms with Crippen molar-refractivity contribution in [3.05, 3.63) is 93.8 Å². The quantitative estimate of drug-likeness (QED) is 0.0951. The molecule has 9 rings (SSSR count). The highest BCUT2D eigenvalue weighted by Crippen LogP contribution is 2.32. The maximum Gasteiger partial charge on any atom is 0.308 e. The van der Waals surface area contributed by atoms with E-state index in [9.17, 15) is 76.3 Å². The van der Waals surface area contributed by atoms with Crippen LogP contribution in [0, 0.1) is 5.82 Å². The zero-order valence-corrected chi connectivity index (χ0v) is 46.6. The number of fused-ring (bicyclic) bond motifs is 3. The molecule has 0 spiro atoms. The molecule has 84 heavy (non-hydrogen) atoms. The van der Waals surface area contributed by atoms with Gasteiger partial charge in [0.1, 0.15) is 35.1 Å². The zero-order chi connectivity index (χ0) is 62.1. The van der Waals surface area contributed by atoms with Crippen LogP contribution in [0.5, 0.6) is 0 Å². The lowest BCUT2D eigenvalue weighted by atomic mass is 10.0. The van der Waals surface area contributed by atoms with E-state index in [0.717, 1.165) is 26.8 Å². The summed E-state index contributed by atoms with van der Waals surface area (Å²) < 4.78 is 23.3. The van der Waals surface area contributed by atoms with Crippen LogP contribution < -0.4 is 32.3 Å². The Morgan fingerprint density at radius 1 is 0.512 bits per heavy atom. The molecule has 3 aromatic rings. The third-order valence-electron chi connectivity index (χ3n) is 12.8. The van der Waals surface area contributed by atoms with E-state index in [1.165, 1.54) is 30.3 Å². The molecule has 0 bridgehead atoms. The number of halogens is 1. The van der Waals surface area contributed by atoms with Crippen LogP contribution in [0.25, 0.3) is 0 Å². The minimum Gasteiger partial charge on any atom is -0.481 e. The SMILES string of the molecule is CC(C)(C)OC(=O)CCN.CC(C)(C)OC(=O)CCNc1ccc2c(c1)C(=O)N(C1CCC(=O)NC1=O)C2=O.O=C(O)CCNc1ccc2c(c1)C(=O)N(C1CCC(=O)NC1=O)C2=O.O=C1CCC(N2C(=O)c3ccc(F)cc3C2=O)C(=O)N1. The van der Waals surface area contributed by atoms with Crippen molar-refractivity contribution in [1.29, 1.82) is 0 Å². The standard InChI is InChI=1S/C20H23N3O6.C16H15N3O6.C13H9FN2O4.C7H15NO2/c1-20(2,3)29-16(25)8-9-21-11-4-5-12-13(10-11)19(28)23(18(12)27)14-6-7-15(24)22-17(14)26;20-12-4-3-11(14(23)18-12)19-15(24)9-2-1-8(7-10(9)16(19)25)17-6-5-13(21)22;14-6-1-2-7-8(5-6)13(20)16(12(7)19)9-3-4-10(17)15-11(9)18;1-7(2,3)10-6(9)4-5-8/h4-5,10,14,21H,6-9H2,1-3H3,(H,22,24,26);1-2,7,11,17H,3-6H2,(H,21,22)(H,18,20,23);1-2,5,9H,3-4H2,(H,15,17,18);4-5,8H2,1-3H3. The number of anilines is 2. The number of carboxylic acid groups (broad SMARTS) is 1. The van der Waals surface area contributed by atoms with Crippen LogP contribution in [0.4, 0.5) is 15.8 Å². The van der Waals surface area contributed by atoms with Crippen molar-refractivity contribution >= 4 is 100 Å². The van der Waals surface area contributed by atoms with Gasteiger partial charge in [0.05, 0.1) is 52.6 Å². The van der Waals surface area contributed by atoms with Crippen molar-refractivity contribution in [3.8, 4) is 0 Å². The van der Waals surface area contributed by atoms with E-state index in [2.05, 4.69) is 26.6 Å². The Bertz CT molecular complexity index is 3280. The van der Waals surface area contributed by atoms with Crippen LogP contribution in [0.3, 0.4) is 0 Å². The molecule has 6 aliphatic rings. The summed E-state index contributed by atoms with van der Waals surface area (Å²) in [7, 11) is 0. The molecule has 8 N–H and O–H groups in total. The number of amides is 12. The lowest BCUT2D eigenvalue weighted by Gasteiger charge is -2.27. The van der Waals surface area contributed by atoms with Gasteiger partial charge in [-0.05, 0) is 115 Å². The highest BCUT2D eigenvalue weighted by atomic mass is 19.1. The van der Waals surface area contributed by atoms with Crippen molar-refractivity contribution in [2.75, 3.05) is 30.3 Å². The third-order valence-corrected chi connectivity index (χ3v) is 12.8. The van der Waals surface area contributed by atoms with Crippen molar-refractivity contribution in [3.63, 3.8) is 0 Å². The van der Waals surface area contributed by atoms with Gasteiger partial charge in [-0.25, -0.2) is 4.39 Å². The average Bonchev–Trinajstić information content (AvgIpc) is 3.07. The molecule has 0 aliphatic carbocycles. The normalized spacial score (nSPS) is 19.0. The lowest BCUT2D eigenvalue weighted by molar-refractivity contribution is -0.155. The van der Waals surface area contributed by atoms with Crippen molar-refractivity contribution in [1.82, 2.24) is 30.7 Å². The van der Waals surface area contributed by atoms with Crippen molar-refractivity contribution in [2.45, 2.75) is 129 Å². The number of benzene rings is 3. The highest BCUT2D eigenvalue weighted by Gasteiger charge is 2.47. The second-order valence-electron chi connectivity index (χ2n) is 21.5. The van der Waals surface area contributed by atoms with Crippen LogP contribution in [0.1, 0.15) is 161 Å². The van der Waals surface area contributed by atoms with Gasteiger partial charge in [-0.15, -0.1) is 0 Å². The summed E-state index contributed by atoms with van der Waals surface area (Å²) in [5, 5.41) is 20.9. The van der Waals surface area contributed by atoms with Gasteiger partial charge in [0.25, 0.3) is 35.4 Å². The fraction of sp³-hybridized carbons (Fsp3) is 0.411. The number of carbonyl (C=O) groups excluding carboxylic acids is 14. The summed E-state index contributed by atoms with van der Waals surface area (Å²) in [6.07, 6.45) is 0.828. The van der Waals surface area contributed by atoms with Crippen LogP contribution in [0.15, 0.2) is 54.6 Å². The number of nitrogens with zero attached hydrogens (tertiary/aromatic N) is 3. The van der Waals surface area contributed by atoms with Crippen LogP contribution in [0.2, 0.25) is 0 Å². The van der Waals surface area contributed by atoms with Crippen LogP contribution >= 0.6 is 0 Å². The Kier molecular flexibility index (Phi) is 20.1. The van der Waals surface area contributed by atoms with Gasteiger partial charge in [-0.2, -0.15) is 0 Å². The first-order valence-corrected chi connectivity index (χ1v) is 26.4. The molecule has 3 aromatic carbocycles. The Hall–Kier alpha value is -9.60. The second-order valence-corrected chi connectivity index (χ2v) is 21.5. The number of carboxylic acids is 1. The smallest absolute Gasteiger partial charge is 0.308 e. The molecule has 446 valence electrons. The average molecular weight is 1170 g/mol. The number of esters is 2. The number of ether oxygens (including phenoxy) is 2. The molecule has 3 saturated heterocycles. The van der Waals surface area contributed by atoms with E-state index >= 15 is 0 Å². The molecular formula is C56H62FN9O18. The fourth-order valence-electron chi connectivity index (χ4n) is 9.13. The molecule has 3 fully saturated rings. The van der Waals surface area contributed by atoms with E-state index in [1.54, 1.807) is 32.9 Å². The third kappa shape index (κ3) is 15.7. The summed E-state index contributed by atoms with van der Waals surface area (Å²) >= 11 is 0. The van der Waals surface area contributed by atoms with Gasteiger partial charge in [-0.3, -0.25) is 103 Å². The molecule has 0 radical (unpaired) electrons. The second kappa shape index (κ2) is 26.5. The van der Waals surface area contributed by atoms with Gasteiger partial charge in [0.15, 0.2) is 0 Å². The number of hydrogen-bond acceptors (Lipinski definition) is 20. The first-order valence-electron chi connectivity index (χ1n) is 26.4. The summed E-state index contributed by atoms with van der Waals surface area (Å²) in [4.78, 5) is 180. The van der Waals surface area contributed by atoms with E-state index in [1.807, 2.05) is 20.8 Å². The molecule has 0 aromatic heterocycles. The van der Waals surface area contributed by atoms with Gasteiger partial charge >= 0.3 is 17.9 Å². The Labute approximate surface area is 478 Å². The number of nitrogens with two attached hydrogens (primary N) is 1. The van der Waals surface area contributed by atoms with Gasteiger partial charge < -0.3 is 30.9 Å². The Morgan fingerprint density at radius 2 is 0.833 bits per heavy atom. The minimum absolute atomic E-state index is 0.0537. The lowest BCUT2D eigenvalue weighted by Crippen LogP contribution is -2.54. The zero-order valence-electron chi connectivity index (χ0n) is 46.6. The fourth-order valence-corrected chi connectivity index (χ4v) is 9.13. The highest BCUT2D eigenvalue weighted by molar-refractivity contribution is 6.25. The van der Waals surface area contributed by atoms with E-state index in [0.29, 0.717) is 30.9 Å². The number of carbonyl (C=O) groups is 15. The summed E-state index contributed by atoms with van der Waals surface area (Å²) in [5.41, 5.74) is 6.01. The number of rotatable bonds is 13. The topological polar surface area (TPSA) is 391 Å². The maximum atomic E-state index is 13.2. The molecule has 3 atom stereocenters. The van der Waals surface area contributed by atoms with Crippen molar-refractivity contribution < 1.29 is 90.9 Å². The first-order chi connectivity index (χ1) is 39.4. The number of nitrogens with one attached hydrogen (secondary N) is 5. The largest absolute Gasteiger partial charge is 0.481 e. The monoisotopic (exact) mass is 1170 g/mol. The molecule has 28 heteroatoms. The summed E-state index contributed by atoms with van der Waals surface area (Å²) in [5.74, 6) is -9.09.